The number of urea groups is 1. The van der Waals surface area contributed by atoms with E-state index in [1.807, 2.05) is 17.4 Å². The fourth-order valence-electron chi connectivity index (χ4n) is 2.32. The van der Waals surface area contributed by atoms with Gasteiger partial charge < -0.3 is 25.1 Å². The molecule has 8 heteroatoms. The second-order valence-electron chi connectivity index (χ2n) is 5.45. The Morgan fingerprint density at radius 2 is 1.65 bits per heavy atom. The number of amides is 3. The lowest BCUT2D eigenvalue weighted by Crippen LogP contribution is -2.20. The molecule has 3 amide bonds. The maximum absolute atomic E-state index is 12.1. The van der Waals surface area contributed by atoms with E-state index in [9.17, 15) is 9.59 Å². The summed E-state index contributed by atoms with van der Waals surface area (Å²) < 4.78 is 6.85. The van der Waals surface area contributed by atoms with Crippen LogP contribution >= 0.6 is 0 Å². The SMILES string of the molecule is CCOCC(=O)Nc1ccc(NC(=O)Nc2ccc3nccn3c2)cc1. The molecule has 0 saturated heterocycles. The van der Waals surface area contributed by atoms with Crippen LogP contribution in [0, 0.1) is 0 Å². The minimum Gasteiger partial charge on any atom is -0.372 e. The summed E-state index contributed by atoms with van der Waals surface area (Å²) in [5.41, 5.74) is 2.69. The summed E-state index contributed by atoms with van der Waals surface area (Å²) in [5.74, 6) is -0.222. The lowest BCUT2D eigenvalue weighted by atomic mass is 10.3. The summed E-state index contributed by atoms with van der Waals surface area (Å²) in [6.07, 6.45) is 5.27. The summed E-state index contributed by atoms with van der Waals surface area (Å²) in [6.45, 7) is 2.33. The molecule has 0 aliphatic heterocycles. The van der Waals surface area contributed by atoms with Crippen LogP contribution in [0.5, 0.6) is 0 Å². The second kappa shape index (κ2) is 8.13. The number of imidazole rings is 1. The number of hydrogen-bond donors (Lipinski definition) is 3. The number of pyridine rings is 1. The lowest BCUT2D eigenvalue weighted by molar-refractivity contribution is -0.120. The molecule has 134 valence electrons. The first kappa shape index (κ1) is 17.4. The monoisotopic (exact) mass is 353 g/mol. The smallest absolute Gasteiger partial charge is 0.323 e. The van der Waals surface area contributed by atoms with Crippen LogP contribution in [-0.4, -0.2) is 34.5 Å². The maximum Gasteiger partial charge on any atom is 0.323 e. The highest BCUT2D eigenvalue weighted by molar-refractivity contribution is 6.00. The minimum atomic E-state index is -0.363. The number of aromatic nitrogens is 2. The van der Waals surface area contributed by atoms with Crippen molar-refractivity contribution in [2.24, 2.45) is 0 Å². The number of hydrogen-bond acceptors (Lipinski definition) is 4. The van der Waals surface area contributed by atoms with Gasteiger partial charge in [-0.3, -0.25) is 4.79 Å². The van der Waals surface area contributed by atoms with E-state index in [1.54, 1.807) is 48.9 Å². The van der Waals surface area contributed by atoms with Crippen molar-refractivity contribution < 1.29 is 14.3 Å². The molecule has 3 N–H and O–H groups in total. The third-order valence-corrected chi connectivity index (χ3v) is 3.51. The number of benzene rings is 1. The zero-order valence-corrected chi connectivity index (χ0v) is 14.2. The fraction of sp³-hybridized carbons (Fsp3) is 0.167. The molecule has 0 spiro atoms. The number of nitrogens with zero attached hydrogens (tertiary/aromatic N) is 2. The van der Waals surface area contributed by atoms with Gasteiger partial charge in [-0.25, -0.2) is 9.78 Å². The standard InChI is InChI=1S/C18H19N5O3/c1-2-26-12-17(24)20-13-3-5-14(6-4-13)21-18(25)22-15-7-8-16-19-9-10-23(16)11-15/h3-11H,2,12H2,1H3,(H,20,24)(H2,21,22,25). The highest BCUT2D eigenvalue weighted by Crippen LogP contribution is 2.15. The van der Waals surface area contributed by atoms with E-state index in [2.05, 4.69) is 20.9 Å². The van der Waals surface area contributed by atoms with Crippen LogP contribution in [0.15, 0.2) is 55.0 Å². The summed E-state index contributed by atoms with van der Waals surface area (Å²) in [7, 11) is 0. The van der Waals surface area contributed by atoms with E-state index in [1.165, 1.54) is 0 Å². The predicted octanol–water partition coefficient (Wildman–Crippen LogP) is 2.95. The summed E-state index contributed by atoms with van der Waals surface area (Å²) in [5, 5.41) is 8.20. The Morgan fingerprint density at radius 3 is 2.38 bits per heavy atom. The Labute approximate surface area is 150 Å². The van der Waals surface area contributed by atoms with Gasteiger partial charge in [-0.05, 0) is 43.3 Å². The van der Waals surface area contributed by atoms with Crippen molar-refractivity contribution in [2.75, 3.05) is 29.2 Å². The summed E-state index contributed by atoms with van der Waals surface area (Å²) >= 11 is 0. The first-order valence-electron chi connectivity index (χ1n) is 8.12. The molecule has 8 nitrogen and oxygen atoms in total. The molecular weight excluding hydrogens is 334 g/mol. The molecule has 0 fully saturated rings. The van der Waals surface area contributed by atoms with Crippen LogP contribution in [0.4, 0.5) is 21.9 Å². The average molecular weight is 353 g/mol. The van der Waals surface area contributed by atoms with Gasteiger partial charge in [0.05, 0.1) is 5.69 Å². The zero-order valence-electron chi connectivity index (χ0n) is 14.2. The van der Waals surface area contributed by atoms with E-state index in [4.69, 9.17) is 4.74 Å². The average Bonchev–Trinajstić information content (AvgIpc) is 3.09. The summed E-state index contributed by atoms with van der Waals surface area (Å²) in [4.78, 5) is 27.8. The molecule has 0 aliphatic rings. The number of rotatable bonds is 6. The van der Waals surface area contributed by atoms with Gasteiger partial charge in [-0.2, -0.15) is 0 Å². The van der Waals surface area contributed by atoms with E-state index < -0.39 is 0 Å². The first-order chi connectivity index (χ1) is 12.6. The normalized spacial score (nSPS) is 10.5. The number of ether oxygens (including phenoxy) is 1. The van der Waals surface area contributed by atoms with Crippen molar-refractivity contribution in [3.63, 3.8) is 0 Å². The zero-order chi connectivity index (χ0) is 18.4. The molecule has 2 heterocycles. The highest BCUT2D eigenvalue weighted by atomic mass is 16.5. The molecule has 26 heavy (non-hydrogen) atoms. The minimum absolute atomic E-state index is 0.0141. The Bertz CT molecular complexity index is 905. The van der Waals surface area contributed by atoms with Gasteiger partial charge in [0, 0.05) is 36.6 Å². The van der Waals surface area contributed by atoms with Crippen LogP contribution in [0.25, 0.3) is 5.65 Å². The van der Waals surface area contributed by atoms with Gasteiger partial charge >= 0.3 is 6.03 Å². The molecule has 0 aliphatic carbocycles. The molecule has 0 bridgehead atoms. The number of anilines is 3. The lowest BCUT2D eigenvalue weighted by Gasteiger charge is -2.09. The van der Waals surface area contributed by atoms with Crippen molar-refractivity contribution in [2.45, 2.75) is 6.92 Å². The van der Waals surface area contributed by atoms with Gasteiger partial charge in [0.15, 0.2) is 0 Å². The van der Waals surface area contributed by atoms with Crippen molar-refractivity contribution in [3.8, 4) is 0 Å². The van der Waals surface area contributed by atoms with Crippen molar-refractivity contribution in [1.82, 2.24) is 9.38 Å². The van der Waals surface area contributed by atoms with E-state index in [0.717, 1.165) is 5.65 Å². The second-order valence-corrected chi connectivity index (χ2v) is 5.45. The molecule has 1 aromatic carbocycles. The van der Waals surface area contributed by atoms with Crippen LogP contribution < -0.4 is 16.0 Å². The van der Waals surface area contributed by atoms with Crippen molar-refractivity contribution >= 4 is 34.6 Å². The molecule has 0 unspecified atom stereocenters. The van der Waals surface area contributed by atoms with Crippen molar-refractivity contribution in [3.05, 3.63) is 55.0 Å². The molecule has 2 aromatic heterocycles. The molecular formula is C18H19N5O3. The van der Waals surface area contributed by atoms with E-state index in [0.29, 0.717) is 23.7 Å². The number of fused-ring (bicyclic) bond motifs is 1. The van der Waals surface area contributed by atoms with Crippen LogP contribution in [-0.2, 0) is 9.53 Å². The molecule has 0 saturated carbocycles. The van der Waals surface area contributed by atoms with Gasteiger partial charge in [-0.1, -0.05) is 0 Å². The highest BCUT2D eigenvalue weighted by Gasteiger charge is 2.05. The number of carbonyl (C=O) groups excluding carboxylic acids is 2. The Kier molecular flexibility index (Phi) is 5.45. The topological polar surface area (TPSA) is 96.8 Å². The number of carbonyl (C=O) groups is 2. The molecule has 0 atom stereocenters. The summed E-state index contributed by atoms with van der Waals surface area (Å²) in [6, 6.07) is 10.0. The predicted molar refractivity (Wildman–Crippen MR) is 99.4 cm³/mol. The largest absolute Gasteiger partial charge is 0.372 e. The molecule has 3 rings (SSSR count). The van der Waals surface area contributed by atoms with Gasteiger partial charge in [-0.15, -0.1) is 0 Å². The van der Waals surface area contributed by atoms with Crippen LogP contribution in [0.1, 0.15) is 6.92 Å². The number of nitrogens with one attached hydrogen (secondary N) is 3. The maximum atomic E-state index is 12.1. The Morgan fingerprint density at radius 1 is 1.00 bits per heavy atom. The Balaban J connectivity index is 1.54. The molecule has 0 radical (unpaired) electrons. The van der Waals surface area contributed by atoms with Crippen LogP contribution in [0.3, 0.4) is 0 Å². The quantitative estimate of drug-likeness (QED) is 0.635. The third kappa shape index (κ3) is 4.58. The van der Waals surface area contributed by atoms with Gasteiger partial charge in [0.2, 0.25) is 5.91 Å². The third-order valence-electron chi connectivity index (χ3n) is 3.51. The van der Waals surface area contributed by atoms with Gasteiger partial charge in [0.1, 0.15) is 12.3 Å². The molecule has 3 aromatic rings. The van der Waals surface area contributed by atoms with Gasteiger partial charge in [0.25, 0.3) is 0 Å². The van der Waals surface area contributed by atoms with E-state index in [-0.39, 0.29) is 18.5 Å². The van der Waals surface area contributed by atoms with Crippen molar-refractivity contribution in [1.29, 1.82) is 0 Å². The van der Waals surface area contributed by atoms with Crippen LogP contribution in [0.2, 0.25) is 0 Å². The fourth-order valence-corrected chi connectivity index (χ4v) is 2.32. The van der Waals surface area contributed by atoms with E-state index >= 15 is 0 Å². The first-order valence-corrected chi connectivity index (χ1v) is 8.12. The Hall–Kier alpha value is -3.39.